The van der Waals surface area contributed by atoms with Crippen molar-refractivity contribution in [2.45, 2.75) is 29.7 Å². The molecule has 3 heteroatoms. The second kappa shape index (κ2) is 169. The zero-order valence-corrected chi connectivity index (χ0v) is 10.5. The van der Waals surface area contributed by atoms with Crippen molar-refractivity contribution < 1.29 is 35.2 Å². The molecule has 0 N–H and O–H groups in total. The molecular formula is C5H19SeZn2-. The molecule has 0 rings (SSSR count). The number of hydrogen-bond donors (Lipinski definition) is 0. The summed E-state index contributed by atoms with van der Waals surface area (Å²) in [7, 11) is 0. The minimum absolute atomic E-state index is 0. The van der Waals surface area contributed by atoms with E-state index >= 15 is 0 Å². The fraction of sp³-hybridized carbons (Fsp3) is 0.800. The predicted molar refractivity (Wildman–Crippen MR) is 39.1 cm³/mol. The average molecular weight is 289 g/mol. The summed E-state index contributed by atoms with van der Waals surface area (Å²) in [4.78, 5) is 0. The van der Waals surface area contributed by atoms with E-state index in [9.17, 15) is 0 Å². The zero-order valence-electron chi connectivity index (χ0n) is 2.82. The number of rotatable bonds is 0. The molecule has 0 aromatic carbocycles. The van der Waals surface area contributed by atoms with Crippen LogP contribution in [0.15, 0.2) is 0 Å². The molecule has 0 aromatic heterocycles. The van der Waals surface area contributed by atoms with Gasteiger partial charge in [-0.05, 0) is 0 Å². The van der Waals surface area contributed by atoms with Gasteiger partial charge in [0.1, 0.15) is 0 Å². The Kier molecular flexibility index (Phi) is 2080. The van der Waals surface area contributed by atoms with Gasteiger partial charge in [-0.1, -0.05) is 29.7 Å². The Morgan fingerprint density at radius 3 is 0.750 bits per heavy atom. The maximum atomic E-state index is 2.75. The molecule has 0 spiro atoms. The van der Waals surface area contributed by atoms with E-state index in [1.54, 1.807) is 0 Å². The molecule has 0 unspecified atom stereocenters. The van der Waals surface area contributed by atoms with E-state index < -0.39 is 0 Å². The van der Waals surface area contributed by atoms with E-state index in [0.29, 0.717) is 0 Å². The molecule has 0 aliphatic rings. The summed E-state index contributed by atoms with van der Waals surface area (Å²) < 4.78 is 0. The Bertz CT molecular complexity index is 10.4. The van der Waals surface area contributed by atoms with Gasteiger partial charge in [-0.25, -0.2) is 0 Å². The van der Waals surface area contributed by atoms with Gasteiger partial charge in [-0.3, -0.25) is 0 Å². The minimum atomic E-state index is 0. The Morgan fingerprint density at radius 1 is 0.750 bits per heavy atom. The van der Waals surface area contributed by atoms with Gasteiger partial charge in [0.15, 0.2) is 0 Å². The Hall–Kier alpha value is 1.77. The fourth-order valence-corrected chi connectivity index (χ4v) is 0. The summed E-state index contributed by atoms with van der Waals surface area (Å²) in [5.41, 5.74) is 0. The Labute approximate surface area is 85.0 Å². The molecule has 0 radical (unpaired) electrons. The maximum absolute atomic E-state index is 2.75. The van der Waals surface area contributed by atoms with Crippen molar-refractivity contribution in [1.29, 1.82) is 0 Å². The summed E-state index contributed by atoms with van der Waals surface area (Å²) in [6.07, 6.45) is 0. The summed E-state index contributed by atoms with van der Waals surface area (Å²) in [6, 6.07) is 0. The van der Waals surface area contributed by atoms with Gasteiger partial charge in [-0.2, -0.15) is 0 Å². The first kappa shape index (κ1) is 98.1. The van der Waals surface area contributed by atoms with Crippen LogP contribution in [0.4, 0.5) is 0 Å². The molecule has 0 amide bonds. The van der Waals surface area contributed by atoms with E-state index in [1.807, 2.05) is 0 Å². The third-order valence-corrected chi connectivity index (χ3v) is 0. The first-order valence-corrected chi connectivity index (χ1v) is 7.79. The van der Waals surface area contributed by atoms with Gasteiger partial charge >= 0.3 is 28.9 Å². The molecule has 0 heterocycles. The third kappa shape index (κ3) is 114. The molecule has 0 aliphatic heterocycles. The van der Waals surface area contributed by atoms with E-state index in [2.05, 4.69) is 13.2 Å². The summed E-state index contributed by atoms with van der Waals surface area (Å²) >= 11 is 4.00. The molecule has 0 aromatic rings. The average Bonchev–Trinajstić information content (AvgIpc) is 1.00. The number of hydrogen-bond acceptors (Lipinski definition) is 0. The quantitative estimate of drug-likeness (QED) is 0.475. The predicted octanol–water partition coefficient (Wildman–Crippen LogP) is 2.61. The zero-order chi connectivity index (χ0) is 2.00. The van der Waals surface area contributed by atoms with Crippen molar-refractivity contribution in [1.82, 2.24) is 0 Å². The second-order valence-electron chi connectivity index (χ2n) is 0. The van der Waals surface area contributed by atoms with Crippen LogP contribution in [-0.4, -0.2) is 13.2 Å². The van der Waals surface area contributed by atoms with Crippen molar-refractivity contribution in [3.63, 3.8) is 0 Å². The van der Waals surface area contributed by atoms with Crippen LogP contribution in [0, 0.1) is 7.43 Å². The van der Waals surface area contributed by atoms with Crippen LogP contribution >= 0.6 is 0 Å². The van der Waals surface area contributed by atoms with Crippen molar-refractivity contribution in [3.05, 3.63) is 7.43 Å². The summed E-state index contributed by atoms with van der Waals surface area (Å²) in [5, 5.41) is 0. The van der Waals surface area contributed by atoms with Crippen LogP contribution in [0.2, 0.25) is 0 Å². The van der Waals surface area contributed by atoms with Gasteiger partial charge in [0.2, 0.25) is 0 Å². The van der Waals surface area contributed by atoms with Crippen LogP contribution in [0.1, 0.15) is 29.7 Å². The van der Waals surface area contributed by atoms with Crippen molar-refractivity contribution >= 4 is 13.2 Å². The van der Waals surface area contributed by atoms with Crippen molar-refractivity contribution in [2.75, 3.05) is 0 Å². The standard InChI is InChI=1S/4CH4.CH3.Se.2Zn/h4*1H4;1H3;;;/q;;;;-1;;;. The SMILES string of the molecule is C.C.C.C.[CH3-].[Zn].[Zn]=[Se]. The second-order valence-corrected chi connectivity index (χ2v) is 0. The Morgan fingerprint density at radius 2 is 0.750 bits per heavy atom. The van der Waals surface area contributed by atoms with E-state index in [1.165, 1.54) is 15.8 Å². The molecule has 0 nitrogen and oxygen atoms in total. The van der Waals surface area contributed by atoms with Gasteiger partial charge in [-0.15, -0.1) is 0 Å². The van der Waals surface area contributed by atoms with E-state index in [0.717, 1.165) is 0 Å². The van der Waals surface area contributed by atoms with Crippen molar-refractivity contribution in [2.24, 2.45) is 0 Å². The van der Waals surface area contributed by atoms with Gasteiger partial charge in [0.05, 0.1) is 0 Å². The van der Waals surface area contributed by atoms with Crippen LogP contribution < -0.4 is 0 Å². The first-order valence-electron chi connectivity index (χ1n) is 0.289. The molecule has 0 saturated carbocycles. The normalized spacial score (nSPS) is 0.750. The van der Waals surface area contributed by atoms with Gasteiger partial charge in [0.25, 0.3) is 0 Å². The first-order chi connectivity index (χ1) is 1.00. The van der Waals surface area contributed by atoms with Crippen LogP contribution in [0.25, 0.3) is 0 Å². The molecule has 0 bridgehead atoms. The third-order valence-electron chi connectivity index (χ3n) is 0. The Balaban J connectivity index is -0.000000000333. The molecule has 0 saturated heterocycles. The van der Waals surface area contributed by atoms with Gasteiger partial charge in [0, 0.05) is 19.5 Å². The van der Waals surface area contributed by atoms with Gasteiger partial charge < -0.3 is 7.43 Å². The molecule has 0 atom stereocenters. The summed E-state index contributed by atoms with van der Waals surface area (Å²) in [6.45, 7) is 0. The van der Waals surface area contributed by atoms with Crippen LogP contribution in [0.3, 0.4) is 0 Å². The van der Waals surface area contributed by atoms with Crippen LogP contribution in [-0.2, 0) is 35.2 Å². The van der Waals surface area contributed by atoms with E-state index in [-0.39, 0.29) is 56.6 Å². The molecular weight excluding hydrogens is 270 g/mol. The fourth-order valence-electron chi connectivity index (χ4n) is 0. The molecule has 50 valence electrons. The van der Waals surface area contributed by atoms with Crippen molar-refractivity contribution in [3.8, 4) is 0 Å². The van der Waals surface area contributed by atoms with Crippen LogP contribution in [0.5, 0.6) is 0 Å². The molecule has 0 fully saturated rings. The molecule has 8 heavy (non-hydrogen) atoms. The molecule has 0 aliphatic carbocycles. The topological polar surface area (TPSA) is 0 Å². The van der Waals surface area contributed by atoms with E-state index in [4.69, 9.17) is 0 Å². The summed E-state index contributed by atoms with van der Waals surface area (Å²) in [5.74, 6) is 0. The monoisotopic (exact) mass is 287 g/mol.